The van der Waals surface area contributed by atoms with Crippen LogP contribution in [0.5, 0.6) is 0 Å². The number of benzene rings is 1. The lowest BCUT2D eigenvalue weighted by molar-refractivity contribution is 0.0600. The van der Waals surface area contributed by atoms with Gasteiger partial charge in [0, 0.05) is 6.21 Å². The van der Waals surface area contributed by atoms with Crippen LogP contribution >= 0.6 is 0 Å². The second kappa shape index (κ2) is 6.21. The van der Waals surface area contributed by atoms with E-state index in [4.69, 9.17) is 0 Å². The van der Waals surface area contributed by atoms with Gasteiger partial charge in [0.25, 0.3) is 0 Å². The molecule has 0 spiro atoms. The van der Waals surface area contributed by atoms with Crippen LogP contribution in [0.1, 0.15) is 57.0 Å². The number of hydrogen-bond acceptors (Lipinski definition) is 3. The maximum atomic E-state index is 11.3. The third kappa shape index (κ3) is 5.55. The van der Waals surface area contributed by atoms with E-state index in [1.807, 2.05) is 18.3 Å². The number of carbonyl (C=O) groups is 1. The zero-order valence-electron chi connectivity index (χ0n) is 13.4. The second-order valence-electron chi connectivity index (χ2n) is 6.92. The summed E-state index contributed by atoms with van der Waals surface area (Å²) in [6, 6.07) is 7.26. The van der Waals surface area contributed by atoms with Crippen molar-refractivity contribution in [3.05, 3.63) is 35.4 Å². The Labute approximate surface area is 122 Å². The van der Waals surface area contributed by atoms with Gasteiger partial charge >= 0.3 is 5.97 Å². The first-order valence-electron chi connectivity index (χ1n) is 6.87. The molecular weight excluding hydrogens is 250 g/mol. The summed E-state index contributed by atoms with van der Waals surface area (Å²) in [4.78, 5) is 16.0. The molecule has 3 heteroatoms. The van der Waals surface area contributed by atoms with Crippen molar-refractivity contribution >= 4 is 12.2 Å². The van der Waals surface area contributed by atoms with E-state index in [0.29, 0.717) is 5.56 Å². The number of hydrogen-bond donors (Lipinski definition) is 0. The first-order chi connectivity index (χ1) is 9.13. The minimum atomic E-state index is -0.318. The maximum absolute atomic E-state index is 11.3. The third-order valence-corrected chi connectivity index (χ3v) is 2.86. The summed E-state index contributed by atoms with van der Waals surface area (Å²) in [7, 11) is 1.38. The Hall–Kier alpha value is -1.64. The summed E-state index contributed by atoms with van der Waals surface area (Å²) in [6.07, 6.45) is 2.88. The molecule has 0 saturated heterocycles. The minimum absolute atomic E-state index is 0.0979. The number of aliphatic imine (C=N–C) groups is 1. The van der Waals surface area contributed by atoms with Crippen LogP contribution in [0, 0.1) is 5.41 Å². The molecule has 0 aliphatic heterocycles. The predicted molar refractivity (Wildman–Crippen MR) is 83.5 cm³/mol. The molecule has 0 amide bonds. The molecule has 0 N–H and O–H groups in total. The molecule has 0 radical (unpaired) electrons. The van der Waals surface area contributed by atoms with Crippen LogP contribution in [0.15, 0.2) is 29.3 Å². The first-order valence-corrected chi connectivity index (χ1v) is 6.87. The molecule has 1 aromatic carbocycles. The Morgan fingerprint density at radius 1 is 1.15 bits per heavy atom. The average molecular weight is 275 g/mol. The van der Waals surface area contributed by atoms with Crippen LogP contribution in [0.3, 0.4) is 0 Å². The lowest BCUT2D eigenvalue weighted by Crippen LogP contribution is -2.25. The van der Waals surface area contributed by atoms with E-state index in [1.54, 1.807) is 12.1 Å². The van der Waals surface area contributed by atoms with Gasteiger partial charge < -0.3 is 4.74 Å². The monoisotopic (exact) mass is 275 g/mol. The molecule has 1 rings (SSSR count). The smallest absolute Gasteiger partial charge is 0.337 e. The summed E-state index contributed by atoms with van der Waals surface area (Å²) in [6.45, 7) is 10.9. The van der Waals surface area contributed by atoms with Gasteiger partial charge in [-0.1, -0.05) is 32.9 Å². The molecule has 0 fully saturated rings. The fourth-order valence-corrected chi connectivity index (χ4v) is 2.42. The molecule has 1 aromatic rings. The van der Waals surface area contributed by atoms with Crippen LogP contribution in [0.25, 0.3) is 0 Å². The lowest BCUT2D eigenvalue weighted by atomic mass is 9.82. The number of methoxy groups -OCH3 is 1. The third-order valence-electron chi connectivity index (χ3n) is 2.86. The van der Waals surface area contributed by atoms with Crippen molar-refractivity contribution < 1.29 is 9.53 Å². The molecule has 0 unspecified atom stereocenters. The van der Waals surface area contributed by atoms with E-state index >= 15 is 0 Å². The number of ether oxygens (including phenoxy) is 1. The van der Waals surface area contributed by atoms with Crippen LogP contribution < -0.4 is 0 Å². The molecule has 3 nitrogen and oxygen atoms in total. The molecular formula is C17H25NO2. The molecule has 0 atom stereocenters. The van der Waals surface area contributed by atoms with Crippen LogP contribution in [0.2, 0.25) is 0 Å². The highest BCUT2D eigenvalue weighted by Gasteiger charge is 2.23. The van der Waals surface area contributed by atoms with Crippen molar-refractivity contribution in [2.75, 3.05) is 7.11 Å². The highest BCUT2D eigenvalue weighted by molar-refractivity contribution is 5.90. The molecule has 0 aromatic heterocycles. The standard InChI is InChI=1S/C17H25NO2/c1-16(2,3)12-17(4,5)18-11-13-7-9-14(10-8-13)15(19)20-6/h7-11H,12H2,1-6H3. The van der Waals surface area contributed by atoms with Crippen molar-refractivity contribution in [3.8, 4) is 0 Å². The quantitative estimate of drug-likeness (QED) is 0.612. The van der Waals surface area contributed by atoms with Crippen molar-refractivity contribution in [3.63, 3.8) is 0 Å². The van der Waals surface area contributed by atoms with E-state index in [0.717, 1.165) is 12.0 Å². The highest BCUT2D eigenvalue weighted by atomic mass is 16.5. The minimum Gasteiger partial charge on any atom is -0.465 e. The van der Waals surface area contributed by atoms with Gasteiger partial charge in [-0.05, 0) is 43.4 Å². The van der Waals surface area contributed by atoms with Crippen LogP contribution in [0.4, 0.5) is 0 Å². The van der Waals surface area contributed by atoms with Gasteiger partial charge in [0.1, 0.15) is 0 Å². The number of rotatable bonds is 4. The van der Waals surface area contributed by atoms with E-state index in [-0.39, 0.29) is 16.9 Å². The fourth-order valence-electron chi connectivity index (χ4n) is 2.42. The number of carbonyl (C=O) groups excluding carboxylic acids is 1. The summed E-state index contributed by atoms with van der Waals surface area (Å²) in [5, 5.41) is 0. The molecule has 0 heterocycles. The Morgan fingerprint density at radius 3 is 2.15 bits per heavy atom. The summed E-state index contributed by atoms with van der Waals surface area (Å²) in [5.74, 6) is -0.318. The van der Waals surface area contributed by atoms with Crippen LogP contribution in [-0.4, -0.2) is 24.8 Å². The summed E-state index contributed by atoms with van der Waals surface area (Å²) in [5.41, 5.74) is 1.69. The van der Waals surface area contributed by atoms with Crippen molar-refractivity contribution in [1.29, 1.82) is 0 Å². The zero-order valence-corrected chi connectivity index (χ0v) is 13.4. The SMILES string of the molecule is COC(=O)c1ccc(C=NC(C)(C)CC(C)(C)C)cc1. The maximum Gasteiger partial charge on any atom is 0.337 e. The van der Waals surface area contributed by atoms with E-state index in [9.17, 15) is 4.79 Å². The summed E-state index contributed by atoms with van der Waals surface area (Å²) >= 11 is 0. The van der Waals surface area contributed by atoms with Gasteiger partial charge in [0.2, 0.25) is 0 Å². The predicted octanol–water partition coefficient (Wildman–Crippen LogP) is 4.11. The van der Waals surface area contributed by atoms with E-state index in [1.165, 1.54) is 7.11 Å². The Kier molecular flexibility index (Phi) is 5.09. The lowest BCUT2D eigenvalue weighted by Gasteiger charge is -2.29. The fraction of sp³-hybridized carbons (Fsp3) is 0.529. The molecule has 0 aliphatic rings. The highest BCUT2D eigenvalue weighted by Crippen LogP contribution is 2.29. The van der Waals surface area contributed by atoms with Crippen LogP contribution in [-0.2, 0) is 4.74 Å². The molecule has 0 aliphatic carbocycles. The van der Waals surface area contributed by atoms with Crippen molar-refractivity contribution in [2.45, 2.75) is 46.6 Å². The van der Waals surface area contributed by atoms with Crippen molar-refractivity contribution in [2.24, 2.45) is 10.4 Å². The average Bonchev–Trinajstić information content (AvgIpc) is 2.33. The normalized spacial score (nSPS) is 12.7. The number of nitrogens with zero attached hydrogens (tertiary/aromatic N) is 1. The molecule has 20 heavy (non-hydrogen) atoms. The molecule has 0 saturated carbocycles. The van der Waals surface area contributed by atoms with Gasteiger partial charge in [-0.3, -0.25) is 4.99 Å². The Bertz CT molecular complexity index is 479. The van der Waals surface area contributed by atoms with Crippen molar-refractivity contribution in [1.82, 2.24) is 0 Å². The molecule has 0 bridgehead atoms. The topological polar surface area (TPSA) is 38.7 Å². The van der Waals surface area contributed by atoms with Gasteiger partial charge in [0.15, 0.2) is 0 Å². The van der Waals surface area contributed by atoms with E-state index < -0.39 is 0 Å². The summed E-state index contributed by atoms with van der Waals surface area (Å²) < 4.78 is 4.67. The Morgan fingerprint density at radius 2 is 1.70 bits per heavy atom. The van der Waals surface area contributed by atoms with Gasteiger partial charge in [-0.25, -0.2) is 4.79 Å². The van der Waals surface area contributed by atoms with E-state index in [2.05, 4.69) is 44.3 Å². The number of esters is 1. The van der Waals surface area contributed by atoms with Gasteiger partial charge in [-0.15, -0.1) is 0 Å². The Balaban J connectivity index is 2.78. The largest absolute Gasteiger partial charge is 0.465 e. The van der Waals surface area contributed by atoms with Gasteiger partial charge in [-0.2, -0.15) is 0 Å². The zero-order chi connectivity index (χ0) is 15.4. The molecule has 110 valence electrons. The first kappa shape index (κ1) is 16.4. The second-order valence-corrected chi connectivity index (χ2v) is 6.92. The van der Waals surface area contributed by atoms with Gasteiger partial charge in [0.05, 0.1) is 18.2 Å².